The van der Waals surface area contributed by atoms with Gasteiger partial charge in [-0.25, -0.2) is 9.78 Å². The molecular weight excluding hydrogens is 440 g/mol. The van der Waals surface area contributed by atoms with Crippen molar-refractivity contribution in [2.24, 2.45) is 7.05 Å². The highest BCUT2D eigenvalue weighted by molar-refractivity contribution is 7.13. The maximum Gasteiger partial charge on any atom is 0.339 e. The third kappa shape index (κ3) is 3.91. The van der Waals surface area contributed by atoms with E-state index in [9.17, 15) is 14.4 Å². The molecule has 0 radical (unpaired) electrons. The van der Waals surface area contributed by atoms with E-state index in [0.29, 0.717) is 52.1 Å². The number of nitrogens with one attached hydrogen (secondary N) is 1. The first-order chi connectivity index (χ1) is 15.9. The number of rotatable bonds is 5. The molecule has 4 heterocycles. The summed E-state index contributed by atoms with van der Waals surface area (Å²) in [6.45, 7) is 1.42. The number of pyridine rings is 1. The molecule has 4 aromatic rings. The van der Waals surface area contributed by atoms with Crippen molar-refractivity contribution in [2.45, 2.75) is 19.8 Å². The van der Waals surface area contributed by atoms with E-state index in [-0.39, 0.29) is 18.3 Å². The van der Waals surface area contributed by atoms with Gasteiger partial charge in [-0.15, -0.1) is 11.3 Å². The molecule has 0 saturated carbocycles. The second-order valence-electron chi connectivity index (χ2n) is 7.86. The number of thiophene rings is 1. The molecule has 1 N–H and O–H groups in total. The monoisotopic (exact) mass is 460 g/mol. The molecule has 1 amide bonds. The number of benzene rings is 1. The number of carbonyl (C=O) groups excluding carboxylic acids is 3. The molecule has 1 aliphatic rings. The molecule has 0 spiro atoms. The van der Waals surface area contributed by atoms with Gasteiger partial charge in [0.05, 0.1) is 27.2 Å². The van der Waals surface area contributed by atoms with Crippen LogP contribution in [0.25, 0.3) is 21.6 Å². The smallest absolute Gasteiger partial charge is 0.339 e. The molecule has 1 aliphatic heterocycles. The lowest BCUT2D eigenvalue weighted by Crippen LogP contribution is -2.20. The molecule has 1 aromatic carbocycles. The Hall–Kier alpha value is -3.85. The van der Waals surface area contributed by atoms with E-state index >= 15 is 0 Å². The van der Waals surface area contributed by atoms with Crippen LogP contribution in [0.15, 0.2) is 41.8 Å². The van der Waals surface area contributed by atoms with Crippen LogP contribution < -0.4 is 5.32 Å². The van der Waals surface area contributed by atoms with Crippen LogP contribution in [-0.2, 0) is 23.0 Å². The predicted octanol–water partition coefficient (Wildman–Crippen LogP) is 3.93. The summed E-state index contributed by atoms with van der Waals surface area (Å²) < 4.78 is 7.07. The zero-order valence-corrected chi connectivity index (χ0v) is 18.9. The van der Waals surface area contributed by atoms with Gasteiger partial charge in [0.15, 0.2) is 18.0 Å². The topological polar surface area (TPSA) is 103 Å². The van der Waals surface area contributed by atoms with Crippen molar-refractivity contribution in [3.8, 4) is 10.6 Å². The molecule has 0 atom stereocenters. The van der Waals surface area contributed by atoms with E-state index < -0.39 is 5.97 Å². The fourth-order valence-electron chi connectivity index (χ4n) is 4.01. The van der Waals surface area contributed by atoms with Gasteiger partial charge in [0.25, 0.3) is 0 Å². The third-order valence-electron chi connectivity index (χ3n) is 5.62. The molecular formula is C24H20N4O4S. The predicted molar refractivity (Wildman–Crippen MR) is 125 cm³/mol. The first kappa shape index (κ1) is 21.0. The Bertz CT molecular complexity index is 1420. The highest BCUT2D eigenvalue weighted by atomic mass is 32.1. The van der Waals surface area contributed by atoms with Gasteiger partial charge in [0.1, 0.15) is 0 Å². The minimum Gasteiger partial charge on any atom is -0.454 e. The summed E-state index contributed by atoms with van der Waals surface area (Å²) >= 11 is 1.52. The van der Waals surface area contributed by atoms with Crippen molar-refractivity contribution in [1.29, 1.82) is 0 Å². The quantitative estimate of drug-likeness (QED) is 0.358. The highest BCUT2D eigenvalue weighted by Gasteiger charge is 2.22. The Morgan fingerprint density at radius 2 is 2.06 bits per heavy atom. The van der Waals surface area contributed by atoms with Gasteiger partial charge in [0.2, 0.25) is 5.91 Å². The largest absolute Gasteiger partial charge is 0.454 e. The van der Waals surface area contributed by atoms with Crippen molar-refractivity contribution in [3.05, 3.63) is 64.2 Å². The zero-order chi connectivity index (χ0) is 23.1. The Labute approximate surface area is 193 Å². The van der Waals surface area contributed by atoms with Gasteiger partial charge in [-0.05, 0) is 54.6 Å². The molecule has 33 heavy (non-hydrogen) atoms. The van der Waals surface area contributed by atoms with Crippen LogP contribution in [0.3, 0.4) is 0 Å². The summed E-state index contributed by atoms with van der Waals surface area (Å²) in [7, 11) is 1.78. The number of fused-ring (bicyclic) bond motifs is 2. The maximum absolute atomic E-state index is 13.1. The average Bonchev–Trinajstić information content (AvgIpc) is 3.45. The molecule has 0 bridgehead atoms. The molecule has 3 aromatic heterocycles. The summed E-state index contributed by atoms with van der Waals surface area (Å²) in [6.07, 6.45) is 0.956. The first-order valence-corrected chi connectivity index (χ1v) is 11.3. The minimum absolute atomic E-state index is 0.0354. The lowest BCUT2D eigenvalue weighted by Gasteiger charge is -2.17. The van der Waals surface area contributed by atoms with E-state index in [1.807, 2.05) is 24.4 Å². The lowest BCUT2D eigenvalue weighted by molar-refractivity contribution is -0.116. The van der Waals surface area contributed by atoms with Crippen molar-refractivity contribution in [3.63, 3.8) is 0 Å². The molecule has 5 rings (SSSR count). The Kier molecular flexibility index (Phi) is 5.26. The SMILES string of the molecule is Cc1nn(C)c2nc(-c3cccs3)cc(C(=O)OCC(=O)c3ccc4c(c3)CCC(=O)N4)c12. The van der Waals surface area contributed by atoms with Crippen LogP contribution in [0.4, 0.5) is 5.69 Å². The average molecular weight is 461 g/mol. The number of ether oxygens (including phenoxy) is 1. The number of amides is 1. The summed E-state index contributed by atoms with van der Waals surface area (Å²) in [5.74, 6) is -0.948. The Morgan fingerprint density at radius 3 is 2.85 bits per heavy atom. The molecule has 0 aliphatic carbocycles. The van der Waals surface area contributed by atoms with Crippen molar-refractivity contribution in [1.82, 2.24) is 14.8 Å². The normalized spacial score (nSPS) is 13.0. The van der Waals surface area contributed by atoms with Crippen LogP contribution >= 0.6 is 11.3 Å². The summed E-state index contributed by atoms with van der Waals surface area (Å²) in [4.78, 5) is 42.9. The molecule has 8 nitrogen and oxygen atoms in total. The van der Waals surface area contributed by atoms with Crippen molar-refractivity contribution < 1.29 is 19.1 Å². The number of aryl methyl sites for hydroxylation is 3. The fourth-order valence-corrected chi connectivity index (χ4v) is 4.69. The highest BCUT2D eigenvalue weighted by Crippen LogP contribution is 2.30. The Morgan fingerprint density at radius 1 is 1.21 bits per heavy atom. The van der Waals surface area contributed by atoms with Crippen LogP contribution in [0, 0.1) is 6.92 Å². The van der Waals surface area contributed by atoms with Crippen molar-refractivity contribution in [2.75, 3.05) is 11.9 Å². The van der Waals surface area contributed by atoms with E-state index in [1.165, 1.54) is 11.3 Å². The van der Waals surface area contributed by atoms with Crippen molar-refractivity contribution >= 4 is 45.7 Å². The third-order valence-corrected chi connectivity index (χ3v) is 6.51. The molecule has 166 valence electrons. The van der Waals surface area contributed by atoms with Gasteiger partial charge in [0, 0.05) is 24.7 Å². The van der Waals surface area contributed by atoms with Gasteiger partial charge in [-0.3, -0.25) is 14.3 Å². The lowest BCUT2D eigenvalue weighted by atomic mass is 9.99. The number of nitrogens with zero attached hydrogens (tertiary/aromatic N) is 3. The number of hydrogen-bond acceptors (Lipinski definition) is 7. The maximum atomic E-state index is 13.1. The van der Waals surface area contributed by atoms with Gasteiger partial charge in [-0.1, -0.05) is 6.07 Å². The number of Topliss-reactive ketones (excluding diaryl/α,β-unsaturated/α-hetero) is 1. The van der Waals surface area contributed by atoms with Crippen LogP contribution in [0.1, 0.15) is 38.4 Å². The fraction of sp³-hybridized carbons (Fsp3) is 0.208. The summed E-state index contributed by atoms with van der Waals surface area (Å²) in [5.41, 5.74) is 4.27. The molecule has 9 heteroatoms. The van der Waals surface area contributed by atoms with Crippen LogP contribution in [0.2, 0.25) is 0 Å². The van der Waals surface area contributed by atoms with Gasteiger partial charge in [-0.2, -0.15) is 5.10 Å². The molecule has 0 unspecified atom stereocenters. The number of carbonyl (C=O) groups is 3. The number of anilines is 1. The number of hydrogen-bond donors (Lipinski definition) is 1. The van der Waals surface area contributed by atoms with Gasteiger partial charge < -0.3 is 10.1 Å². The summed E-state index contributed by atoms with van der Waals surface area (Å²) in [5, 5.41) is 9.74. The number of ketones is 1. The minimum atomic E-state index is -0.602. The standard InChI is InChI=1S/C24H20N4O4S/c1-13-22-16(11-18(20-4-3-9-33-20)26-23(22)28(2)27-13)24(31)32-12-19(29)15-5-7-17-14(10-15)6-8-21(30)25-17/h3-5,7,9-11H,6,8,12H2,1-2H3,(H,25,30). The van der Waals surface area contributed by atoms with Crippen LogP contribution in [0.5, 0.6) is 0 Å². The molecule has 0 saturated heterocycles. The van der Waals surface area contributed by atoms with E-state index in [2.05, 4.69) is 15.4 Å². The first-order valence-electron chi connectivity index (χ1n) is 10.4. The van der Waals surface area contributed by atoms with E-state index in [0.717, 1.165) is 10.4 Å². The summed E-state index contributed by atoms with van der Waals surface area (Å²) in [6, 6.07) is 10.6. The number of aromatic nitrogens is 3. The van der Waals surface area contributed by atoms with Gasteiger partial charge >= 0.3 is 5.97 Å². The number of esters is 1. The Balaban J connectivity index is 1.40. The zero-order valence-electron chi connectivity index (χ0n) is 18.0. The molecule has 0 fully saturated rings. The second kappa shape index (κ2) is 8.25. The van der Waals surface area contributed by atoms with E-state index in [1.54, 1.807) is 36.0 Å². The second-order valence-corrected chi connectivity index (χ2v) is 8.81. The van der Waals surface area contributed by atoms with Crippen LogP contribution in [-0.4, -0.2) is 39.0 Å². The van der Waals surface area contributed by atoms with E-state index in [4.69, 9.17) is 4.74 Å².